The SMILES string of the molecule is CCCc1ncc(Cc2cc3cc(C)ccc3nc2N(C)C)c2cc(OC)c(OC)cc12. The summed E-state index contributed by atoms with van der Waals surface area (Å²) < 4.78 is 11.2. The Bertz CT molecular complexity index is 1280. The molecule has 0 N–H and O–H groups in total. The van der Waals surface area contributed by atoms with E-state index in [0.717, 1.165) is 69.5 Å². The van der Waals surface area contributed by atoms with Crippen LogP contribution in [0.4, 0.5) is 5.82 Å². The fourth-order valence-corrected chi connectivity index (χ4v) is 4.31. The molecule has 0 aliphatic carbocycles. The molecule has 0 spiro atoms. The van der Waals surface area contributed by atoms with Crippen LogP contribution >= 0.6 is 0 Å². The van der Waals surface area contributed by atoms with E-state index in [9.17, 15) is 0 Å². The summed E-state index contributed by atoms with van der Waals surface area (Å²) in [7, 11) is 7.44. The average molecular weight is 430 g/mol. The molecule has 0 saturated heterocycles. The van der Waals surface area contributed by atoms with E-state index in [-0.39, 0.29) is 0 Å². The van der Waals surface area contributed by atoms with E-state index in [1.807, 2.05) is 20.3 Å². The van der Waals surface area contributed by atoms with Gasteiger partial charge in [0.15, 0.2) is 11.5 Å². The van der Waals surface area contributed by atoms with Crippen molar-refractivity contribution in [3.8, 4) is 11.5 Å². The lowest BCUT2D eigenvalue weighted by Crippen LogP contribution is -2.14. The highest BCUT2D eigenvalue weighted by Gasteiger charge is 2.16. The quantitative estimate of drug-likeness (QED) is 0.376. The zero-order chi connectivity index (χ0) is 22.8. The van der Waals surface area contributed by atoms with Gasteiger partial charge in [-0.2, -0.15) is 0 Å². The van der Waals surface area contributed by atoms with Crippen molar-refractivity contribution in [2.75, 3.05) is 33.2 Å². The van der Waals surface area contributed by atoms with Gasteiger partial charge in [-0.1, -0.05) is 25.0 Å². The van der Waals surface area contributed by atoms with Crippen molar-refractivity contribution in [2.24, 2.45) is 0 Å². The van der Waals surface area contributed by atoms with Gasteiger partial charge in [-0.15, -0.1) is 0 Å². The zero-order valence-corrected chi connectivity index (χ0v) is 19.8. The molecular formula is C27H31N3O2. The van der Waals surface area contributed by atoms with E-state index >= 15 is 0 Å². The van der Waals surface area contributed by atoms with Crippen LogP contribution in [0.5, 0.6) is 11.5 Å². The first kappa shape index (κ1) is 21.9. The van der Waals surface area contributed by atoms with E-state index in [1.54, 1.807) is 14.2 Å². The highest BCUT2D eigenvalue weighted by atomic mass is 16.5. The molecule has 0 aliphatic rings. The molecule has 0 saturated carbocycles. The van der Waals surface area contributed by atoms with Gasteiger partial charge in [0.25, 0.3) is 0 Å². The molecule has 2 aromatic carbocycles. The molecule has 2 heterocycles. The van der Waals surface area contributed by atoms with E-state index < -0.39 is 0 Å². The molecule has 0 fully saturated rings. The Balaban J connectivity index is 1.91. The van der Waals surface area contributed by atoms with Crippen molar-refractivity contribution >= 4 is 27.5 Å². The molecule has 0 radical (unpaired) electrons. The predicted molar refractivity (Wildman–Crippen MR) is 132 cm³/mol. The van der Waals surface area contributed by atoms with E-state index in [4.69, 9.17) is 19.4 Å². The lowest BCUT2D eigenvalue weighted by molar-refractivity contribution is 0.356. The van der Waals surface area contributed by atoms with Gasteiger partial charge >= 0.3 is 0 Å². The number of anilines is 1. The lowest BCUT2D eigenvalue weighted by Gasteiger charge is -2.19. The van der Waals surface area contributed by atoms with E-state index in [0.29, 0.717) is 0 Å². The fourth-order valence-electron chi connectivity index (χ4n) is 4.31. The average Bonchev–Trinajstić information content (AvgIpc) is 2.79. The first-order valence-corrected chi connectivity index (χ1v) is 11.0. The van der Waals surface area contributed by atoms with Gasteiger partial charge in [-0.25, -0.2) is 4.98 Å². The number of methoxy groups -OCH3 is 2. The van der Waals surface area contributed by atoms with Crippen LogP contribution in [0.2, 0.25) is 0 Å². The molecular weight excluding hydrogens is 398 g/mol. The maximum atomic E-state index is 5.62. The van der Waals surface area contributed by atoms with Crippen LogP contribution in [-0.4, -0.2) is 38.3 Å². The van der Waals surface area contributed by atoms with Gasteiger partial charge in [0, 0.05) is 43.2 Å². The van der Waals surface area contributed by atoms with Crippen LogP contribution < -0.4 is 14.4 Å². The smallest absolute Gasteiger partial charge is 0.161 e. The minimum Gasteiger partial charge on any atom is -0.493 e. The van der Waals surface area contributed by atoms with Crippen molar-refractivity contribution < 1.29 is 9.47 Å². The molecule has 32 heavy (non-hydrogen) atoms. The number of pyridine rings is 2. The Kier molecular flexibility index (Phi) is 6.17. The fraction of sp³-hybridized carbons (Fsp3) is 0.333. The van der Waals surface area contributed by atoms with Gasteiger partial charge in [-0.05, 0) is 60.2 Å². The van der Waals surface area contributed by atoms with Crippen molar-refractivity contribution in [1.29, 1.82) is 0 Å². The largest absolute Gasteiger partial charge is 0.493 e. The minimum absolute atomic E-state index is 0.730. The molecule has 0 unspecified atom stereocenters. The summed E-state index contributed by atoms with van der Waals surface area (Å²) in [5.74, 6) is 2.44. The Labute approximate surface area is 190 Å². The number of rotatable bonds is 7. The third kappa shape index (κ3) is 4.07. The number of nitrogens with zero attached hydrogens (tertiary/aromatic N) is 3. The monoisotopic (exact) mass is 429 g/mol. The molecule has 0 aliphatic heterocycles. The second-order valence-electron chi connectivity index (χ2n) is 8.47. The van der Waals surface area contributed by atoms with Crippen LogP contribution in [0.3, 0.4) is 0 Å². The summed E-state index contributed by atoms with van der Waals surface area (Å²) in [4.78, 5) is 11.9. The zero-order valence-electron chi connectivity index (χ0n) is 19.8. The molecule has 4 aromatic rings. The Hall–Kier alpha value is -3.34. The number of aryl methyl sites for hydroxylation is 2. The topological polar surface area (TPSA) is 47.5 Å². The van der Waals surface area contributed by atoms with Gasteiger partial charge in [0.05, 0.1) is 19.7 Å². The maximum Gasteiger partial charge on any atom is 0.161 e. The Morgan fingerprint density at radius 3 is 2.28 bits per heavy atom. The maximum absolute atomic E-state index is 5.62. The highest BCUT2D eigenvalue weighted by Crippen LogP contribution is 2.36. The van der Waals surface area contributed by atoms with E-state index in [2.05, 4.69) is 55.1 Å². The summed E-state index contributed by atoms with van der Waals surface area (Å²) in [6.07, 6.45) is 4.70. The molecule has 4 rings (SSSR count). The number of aromatic nitrogens is 2. The van der Waals surface area contributed by atoms with Gasteiger partial charge in [0.2, 0.25) is 0 Å². The summed E-state index contributed by atoms with van der Waals surface area (Å²) in [5, 5.41) is 3.43. The number of ether oxygens (including phenoxy) is 2. The predicted octanol–water partition coefficient (Wildman–Crippen LogP) is 5.72. The van der Waals surface area contributed by atoms with E-state index in [1.165, 1.54) is 11.1 Å². The molecule has 5 nitrogen and oxygen atoms in total. The Morgan fingerprint density at radius 2 is 1.62 bits per heavy atom. The second kappa shape index (κ2) is 9.03. The van der Waals surface area contributed by atoms with Crippen LogP contribution in [0.1, 0.15) is 35.7 Å². The standard InChI is InChI=1S/C27H31N3O2/c1-7-8-24-22-15-26(32-6)25(31-5)14-21(22)20(16-28-24)13-19-12-18-11-17(2)9-10-23(18)29-27(19)30(3)4/h9-12,14-16H,7-8,13H2,1-6H3. The lowest BCUT2D eigenvalue weighted by atomic mass is 9.96. The molecule has 2 aromatic heterocycles. The third-order valence-corrected chi connectivity index (χ3v) is 5.87. The molecule has 0 bridgehead atoms. The van der Waals surface area contributed by atoms with Crippen LogP contribution in [0, 0.1) is 6.92 Å². The number of fused-ring (bicyclic) bond motifs is 2. The summed E-state index contributed by atoms with van der Waals surface area (Å²) in [6, 6.07) is 12.8. The third-order valence-electron chi connectivity index (χ3n) is 5.87. The summed E-state index contributed by atoms with van der Waals surface area (Å²) >= 11 is 0. The second-order valence-corrected chi connectivity index (χ2v) is 8.47. The first-order chi connectivity index (χ1) is 15.4. The Morgan fingerprint density at radius 1 is 0.906 bits per heavy atom. The summed E-state index contributed by atoms with van der Waals surface area (Å²) in [6.45, 7) is 4.29. The minimum atomic E-state index is 0.730. The molecule has 0 atom stereocenters. The first-order valence-electron chi connectivity index (χ1n) is 11.0. The molecule has 0 amide bonds. The van der Waals surface area contributed by atoms with Gasteiger partial charge in [-0.3, -0.25) is 4.98 Å². The summed E-state index contributed by atoms with van der Waals surface area (Å²) in [5.41, 5.74) is 5.66. The van der Waals surface area contributed by atoms with Crippen LogP contribution in [-0.2, 0) is 12.8 Å². The van der Waals surface area contributed by atoms with Crippen LogP contribution in [0.25, 0.3) is 21.7 Å². The number of hydrogen-bond donors (Lipinski definition) is 0. The van der Waals surface area contributed by atoms with Crippen molar-refractivity contribution in [3.63, 3.8) is 0 Å². The number of hydrogen-bond acceptors (Lipinski definition) is 5. The molecule has 5 heteroatoms. The van der Waals surface area contributed by atoms with Crippen molar-refractivity contribution in [1.82, 2.24) is 9.97 Å². The normalized spacial score (nSPS) is 11.2. The van der Waals surface area contributed by atoms with Crippen molar-refractivity contribution in [3.05, 3.63) is 65.0 Å². The highest BCUT2D eigenvalue weighted by molar-refractivity contribution is 5.91. The van der Waals surface area contributed by atoms with Gasteiger partial charge in [0.1, 0.15) is 5.82 Å². The number of benzene rings is 2. The van der Waals surface area contributed by atoms with Gasteiger partial charge < -0.3 is 14.4 Å². The van der Waals surface area contributed by atoms with Crippen molar-refractivity contribution in [2.45, 2.75) is 33.1 Å². The molecule has 166 valence electrons. The van der Waals surface area contributed by atoms with Crippen LogP contribution in [0.15, 0.2) is 42.6 Å².